The number of nitrogens with one attached hydrogen (secondary N) is 3. The molecule has 1 aromatic carbocycles. The van der Waals surface area contributed by atoms with Crippen molar-refractivity contribution in [1.29, 1.82) is 0 Å². The first kappa shape index (κ1) is 19.6. The van der Waals surface area contributed by atoms with Gasteiger partial charge < -0.3 is 5.11 Å². The van der Waals surface area contributed by atoms with Gasteiger partial charge in [-0.1, -0.05) is 37.3 Å². The maximum absolute atomic E-state index is 12.3. The smallest absolute Gasteiger partial charge is 0.330 e. The normalized spacial score (nSPS) is 19.2. The summed E-state index contributed by atoms with van der Waals surface area (Å²) in [5, 5.41) is 10.7. The van der Waals surface area contributed by atoms with Crippen LogP contribution < -0.4 is 16.6 Å². The highest BCUT2D eigenvalue weighted by Gasteiger charge is 2.52. The molecule has 0 spiro atoms. The number of aromatic nitrogens is 2. The van der Waals surface area contributed by atoms with Crippen LogP contribution in [0.4, 0.5) is 4.79 Å². The van der Waals surface area contributed by atoms with Gasteiger partial charge in [0.1, 0.15) is 0 Å². The lowest BCUT2D eigenvalue weighted by atomic mass is 9.75. The fourth-order valence-electron chi connectivity index (χ4n) is 2.71. The topological polar surface area (TPSA) is 152 Å². The van der Waals surface area contributed by atoms with Gasteiger partial charge >= 0.3 is 11.7 Å². The van der Waals surface area contributed by atoms with Crippen molar-refractivity contribution < 1.29 is 19.5 Å². The van der Waals surface area contributed by atoms with Crippen molar-refractivity contribution in [2.75, 3.05) is 7.05 Å². The second kappa shape index (κ2) is 7.68. The molecule has 2 aromatic rings. The van der Waals surface area contributed by atoms with Crippen LogP contribution in [0, 0.1) is 0 Å². The third kappa shape index (κ3) is 3.78. The molecule has 1 unspecified atom stereocenters. The van der Waals surface area contributed by atoms with Crippen molar-refractivity contribution in [1.82, 2.24) is 20.2 Å². The number of amides is 4. The number of likely N-dealkylation sites (N-methyl/N-ethyl adjacent to an activating group) is 1. The van der Waals surface area contributed by atoms with Crippen LogP contribution in [0.1, 0.15) is 18.9 Å². The Morgan fingerprint density at radius 1 is 1.04 bits per heavy atom. The van der Waals surface area contributed by atoms with Gasteiger partial charge in [0, 0.05) is 7.05 Å². The van der Waals surface area contributed by atoms with E-state index in [0.717, 1.165) is 11.0 Å². The lowest BCUT2D eigenvalue weighted by Gasteiger charge is -2.37. The molecule has 10 heteroatoms. The number of aromatic hydroxyl groups is 1. The summed E-state index contributed by atoms with van der Waals surface area (Å²) in [5.41, 5.74) is -2.02. The fraction of sp³-hybridized carbons (Fsp3) is 0.235. The van der Waals surface area contributed by atoms with Crippen molar-refractivity contribution in [3.05, 3.63) is 62.8 Å². The molecule has 1 fully saturated rings. The van der Waals surface area contributed by atoms with Crippen LogP contribution in [0.25, 0.3) is 0 Å². The summed E-state index contributed by atoms with van der Waals surface area (Å²) in [5.74, 6) is -1.46. The molecule has 1 aliphatic heterocycles. The first-order chi connectivity index (χ1) is 12.7. The average molecular weight is 374 g/mol. The van der Waals surface area contributed by atoms with E-state index in [9.17, 15) is 24.0 Å². The lowest BCUT2D eigenvalue weighted by Crippen LogP contribution is -2.64. The van der Waals surface area contributed by atoms with Crippen LogP contribution in [-0.4, -0.2) is 44.9 Å². The summed E-state index contributed by atoms with van der Waals surface area (Å²) >= 11 is 0. The Labute approximate surface area is 152 Å². The fourth-order valence-corrected chi connectivity index (χ4v) is 2.71. The maximum Gasteiger partial charge on any atom is 0.330 e. The second-order valence-corrected chi connectivity index (χ2v) is 5.72. The molecule has 1 saturated heterocycles. The van der Waals surface area contributed by atoms with Gasteiger partial charge in [0.2, 0.25) is 5.91 Å². The zero-order chi connectivity index (χ0) is 20.2. The monoisotopic (exact) mass is 374 g/mol. The highest BCUT2D eigenvalue weighted by Crippen LogP contribution is 2.32. The van der Waals surface area contributed by atoms with Crippen LogP contribution in [0.3, 0.4) is 0 Å². The number of nitrogens with zero attached hydrogens (tertiary/aromatic N) is 1. The molecule has 4 N–H and O–H groups in total. The highest BCUT2D eigenvalue weighted by atomic mass is 16.3. The van der Waals surface area contributed by atoms with E-state index in [1.807, 2.05) is 16.0 Å². The largest absolute Gasteiger partial charge is 0.494 e. The summed E-state index contributed by atoms with van der Waals surface area (Å²) < 4.78 is 0. The lowest BCUT2D eigenvalue weighted by molar-refractivity contribution is -0.144. The number of hydrogen-bond donors (Lipinski definition) is 4. The molecule has 10 nitrogen and oxygen atoms in total. The van der Waals surface area contributed by atoms with E-state index < -0.39 is 40.4 Å². The van der Waals surface area contributed by atoms with Crippen molar-refractivity contribution in [2.45, 2.75) is 18.8 Å². The van der Waals surface area contributed by atoms with Gasteiger partial charge in [-0.3, -0.25) is 34.6 Å². The zero-order valence-corrected chi connectivity index (χ0v) is 14.6. The Kier molecular flexibility index (Phi) is 5.59. The second-order valence-electron chi connectivity index (χ2n) is 5.72. The quantitative estimate of drug-likeness (QED) is 0.535. The number of benzene rings is 1. The Balaban J connectivity index is 0.000000244. The number of hydrogen-bond acceptors (Lipinski definition) is 6. The van der Waals surface area contributed by atoms with Crippen LogP contribution in [-0.2, 0) is 15.0 Å². The number of carbonyl (C=O) groups is 3. The molecule has 2 heterocycles. The molecule has 3 rings (SSSR count). The minimum Gasteiger partial charge on any atom is -0.494 e. The van der Waals surface area contributed by atoms with Gasteiger partial charge in [0.15, 0.2) is 11.3 Å². The summed E-state index contributed by atoms with van der Waals surface area (Å²) in [6.07, 6.45) is 0.305. The zero-order valence-electron chi connectivity index (χ0n) is 14.6. The summed E-state index contributed by atoms with van der Waals surface area (Å²) in [6.45, 7) is 1.76. The molecule has 0 saturated carbocycles. The molecule has 1 aliphatic rings. The van der Waals surface area contributed by atoms with Crippen LogP contribution in [0.2, 0.25) is 0 Å². The molecular weight excluding hydrogens is 356 g/mol. The van der Waals surface area contributed by atoms with Crippen molar-refractivity contribution in [2.24, 2.45) is 0 Å². The molecule has 1 atom stereocenters. The standard InChI is InChI=1S/C13H14N2O3.C4H4N2O3/c1-3-13(9-7-5-4-6-8-9)10(16)14-12(18)15(2)11(13)17;7-2-1-3(8)6-4(9)5-2/h4-8H,3H2,1-2H3,(H,14,16,18);1H,(H3,5,6,7,8,9). The number of imide groups is 2. The van der Waals surface area contributed by atoms with Gasteiger partial charge in [-0.15, -0.1) is 0 Å². The summed E-state index contributed by atoms with van der Waals surface area (Å²) in [4.78, 5) is 61.2. The molecule has 0 aliphatic carbocycles. The Hall–Kier alpha value is -3.69. The van der Waals surface area contributed by atoms with Gasteiger partial charge in [-0.2, -0.15) is 0 Å². The molecule has 4 amide bonds. The first-order valence-electron chi connectivity index (χ1n) is 7.94. The number of carbonyl (C=O) groups excluding carboxylic acids is 3. The van der Waals surface area contributed by atoms with E-state index in [4.69, 9.17) is 5.11 Å². The predicted molar refractivity (Wildman–Crippen MR) is 94.1 cm³/mol. The maximum atomic E-state index is 12.3. The predicted octanol–water partition coefficient (Wildman–Crippen LogP) is -0.189. The van der Waals surface area contributed by atoms with Crippen molar-refractivity contribution in [3.8, 4) is 5.88 Å². The minimum absolute atomic E-state index is 0.305. The number of barbiturate groups is 1. The Morgan fingerprint density at radius 2 is 1.67 bits per heavy atom. The van der Waals surface area contributed by atoms with E-state index >= 15 is 0 Å². The first-order valence-corrected chi connectivity index (χ1v) is 7.94. The molecule has 1 aromatic heterocycles. The number of H-pyrrole nitrogens is 2. The van der Waals surface area contributed by atoms with Crippen LogP contribution in [0.5, 0.6) is 5.88 Å². The van der Waals surface area contributed by atoms with E-state index in [1.165, 1.54) is 7.05 Å². The highest BCUT2D eigenvalue weighted by molar-refractivity contribution is 6.22. The molecule has 142 valence electrons. The number of urea groups is 1. The Morgan fingerprint density at radius 3 is 2.19 bits per heavy atom. The SMILES string of the molecule is CCC1(c2ccccc2)C(=O)NC(=O)N(C)C1=O.O=c1cc(O)[nH]c(=O)[nH]1. The third-order valence-corrected chi connectivity index (χ3v) is 4.13. The number of rotatable bonds is 2. The van der Waals surface area contributed by atoms with Gasteiger partial charge in [0.05, 0.1) is 6.07 Å². The van der Waals surface area contributed by atoms with Gasteiger partial charge in [-0.25, -0.2) is 9.59 Å². The number of aromatic amines is 2. The van der Waals surface area contributed by atoms with Crippen LogP contribution in [0.15, 0.2) is 46.0 Å². The van der Waals surface area contributed by atoms with E-state index in [2.05, 4.69) is 5.32 Å². The summed E-state index contributed by atoms with van der Waals surface area (Å²) in [6, 6.07) is 9.00. The van der Waals surface area contributed by atoms with Crippen molar-refractivity contribution in [3.63, 3.8) is 0 Å². The minimum atomic E-state index is -1.30. The molecule has 0 radical (unpaired) electrons. The molecule has 27 heavy (non-hydrogen) atoms. The van der Waals surface area contributed by atoms with E-state index in [-0.39, 0.29) is 0 Å². The average Bonchev–Trinajstić information content (AvgIpc) is 2.61. The molecule has 0 bridgehead atoms. The third-order valence-electron chi connectivity index (χ3n) is 4.13. The Bertz CT molecular complexity index is 952. The van der Waals surface area contributed by atoms with E-state index in [1.54, 1.807) is 31.2 Å². The molecular formula is C17H18N4O6. The van der Waals surface area contributed by atoms with E-state index in [0.29, 0.717) is 12.0 Å². The van der Waals surface area contributed by atoms with Gasteiger partial charge in [-0.05, 0) is 12.0 Å². The van der Waals surface area contributed by atoms with Crippen LogP contribution >= 0.6 is 0 Å². The summed E-state index contributed by atoms with van der Waals surface area (Å²) in [7, 11) is 1.37. The van der Waals surface area contributed by atoms with Crippen molar-refractivity contribution >= 4 is 17.8 Å². The van der Waals surface area contributed by atoms with Gasteiger partial charge in [0.25, 0.3) is 11.5 Å².